The maximum atomic E-state index is 11.9. The standard InChI is InChI=1S/C17H24N2O4S/c1-12-4-6-13(7-5-12)16(21)18-10-8-15(20)19-14(9-11-24-3)17(22)23-2/h4-7,14H,8-11H2,1-3H3,(H,18,21)(H,19,20)/t14-/m1/s1. The summed E-state index contributed by atoms with van der Waals surface area (Å²) < 4.78 is 4.69. The van der Waals surface area contributed by atoms with Crippen LogP contribution in [0.25, 0.3) is 0 Å². The summed E-state index contributed by atoms with van der Waals surface area (Å²) in [5, 5.41) is 5.33. The molecule has 0 fully saturated rings. The van der Waals surface area contributed by atoms with Crippen LogP contribution in [0.15, 0.2) is 24.3 Å². The Hall–Kier alpha value is -2.02. The number of thioether (sulfide) groups is 1. The topological polar surface area (TPSA) is 84.5 Å². The Morgan fingerprint density at radius 2 is 1.88 bits per heavy atom. The van der Waals surface area contributed by atoms with Gasteiger partial charge in [0.25, 0.3) is 5.91 Å². The zero-order valence-corrected chi connectivity index (χ0v) is 15.1. The smallest absolute Gasteiger partial charge is 0.328 e. The first kappa shape index (κ1) is 20.0. The summed E-state index contributed by atoms with van der Waals surface area (Å²) in [5.74, 6) is -0.240. The van der Waals surface area contributed by atoms with Crippen LogP contribution in [0.1, 0.15) is 28.8 Å². The zero-order valence-electron chi connectivity index (χ0n) is 14.3. The van der Waals surface area contributed by atoms with E-state index in [0.717, 1.165) is 11.3 Å². The van der Waals surface area contributed by atoms with Crippen molar-refractivity contribution in [3.05, 3.63) is 35.4 Å². The minimum atomic E-state index is -0.650. The third-order valence-corrected chi connectivity index (χ3v) is 4.03. The van der Waals surface area contributed by atoms with E-state index in [1.807, 2.05) is 25.3 Å². The van der Waals surface area contributed by atoms with Gasteiger partial charge in [-0.05, 0) is 37.5 Å². The number of ether oxygens (including phenoxy) is 1. The Bertz CT molecular complexity index is 560. The molecule has 0 radical (unpaired) electrons. The molecule has 7 heteroatoms. The molecule has 1 aromatic carbocycles. The van der Waals surface area contributed by atoms with Crippen LogP contribution in [-0.4, -0.2) is 49.5 Å². The van der Waals surface area contributed by atoms with Crippen molar-refractivity contribution >= 4 is 29.5 Å². The number of hydrogen-bond acceptors (Lipinski definition) is 5. The Morgan fingerprint density at radius 1 is 1.21 bits per heavy atom. The van der Waals surface area contributed by atoms with E-state index < -0.39 is 12.0 Å². The van der Waals surface area contributed by atoms with E-state index in [0.29, 0.717) is 12.0 Å². The number of esters is 1. The second-order valence-electron chi connectivity index (χ2n) is 5.30. The molecule has 0 unspecified atom stereocenters. The van der Waals surface area contributed by atoms with E-state index in [2.05, 4.69) is 15.4 Å². The first-order chi connectivity index (χ1) is 11.5. The van der Waals surface area contributed by atoms with Crippen LogP contribution in [0.3, 0.4) is 0 Å². The Labute approximate surface area is 146 Å². The summed E-state index contributed by atoms with van der Waals surface area (Å²) in [6.45, 7) is 2.15. The van der Waals surface area contributed by atoms with Crippen molar-refractivity contribution in [2.24, 2.45) is 0 Å². The molecule has 0 saturated heterocycles. The molecule has 0 saturated carbocycles. The predicted octanol–water partition coefficient (Wildman–Crippen LogP) is 1.53. The highest BCUT2D eigenvalue weighted by Gasteiger charge is 2.20. The molecule has 2 amide bonds. The number of amides is 2. The van der Waals surface area contributed by atoms with Crippen molar-refractivity contribution in [3.8, 4) is 0 Å². The van der Waals surface area contributed by atoms with Gasteiger partial charge in [0.05, 0.1) is 7.11 Å². The summed E-state index contributed by atoms with van der Waals surface area (Å²) in [6.07, 6.45) is 2.54. The number of carbonyl (C=O) groups excluding carboxylic acids is 3. The Morgan fingerprint density at radius 3 is 2.46 bits per heavy atom. The van der Waals surface area contributed by atoms with Gasteiger partial charge in [-0.25, -0.2) is 4.79 Å². The Balaban J connectivity index is 2.39. The van der Waals surface area contributed by atoms with Gasteiger partial charge in [0.2, 0.25) is 5.91 Å². The number of carbonyl (C=O) groups is 3. The van der Waals surface area contributed by atoms with Gasteiger partial charge in [-0.1, -0.05) is 17.7 Å². The summed E-state index contributed by atoms with van der Waals surface area (Å²) in [5.41, 5.74) is 1.62. The summed E-state index contributed by atoms with van der Waals surface area (Å²) >= 11 is 1.59. The van der Waals surface area contributed by atoms with Crippen molar-refractivity contribution < 1.29 is 19.1 Å². The highest BCUT2D eigenvalue weighted by molar-refractivity contribution is 7.98. The molecule has 132 valence electrons. The third-order valence-electron chi connectivity index (χ3n) is 3.38. The second kappa shape index (κ2) is 10.7. The summed E-state index contributed by atoms with van der Waals surface area (Å²) in [4.78, 5) is 35.5. The van der Waals surface area contributed by atoms with Crippen molar-refractivity contribution in [2.75, 3.05) is 25.7 Å². The van der Waals surface area contributed by atoms with E-state index >= 15 is 0 Å². The molecule has 6 nitrogen and oxygen atoms in total. The lowest BCUT2D eigenvalue weighted by Gasteiger charge is -2.16. The molecule has 0 aliphatic rings. The molecule has 0 spiro atoms. The van der Waals surface area contributed by atoms with Gasteiger partial charge in [-0.2, -0.15) is 11.8 Å². The largest absolute Gasteiger partial charge is 0.467 e. The number of methoxy groups -OCH3 is 1. The van der Waals surface area contributed by atoms with Crippen LogP contribution in [0.2, 0.25) is 0 Å². The van der Waals surface area contributed by atoms with Gasteiger partial charge in [0.15, 0.2) is 0 Å². The van der Waals surface area contributed by atoms with Crippen molar-refractivity contribution in [1.29, 1.82) is 0 Å². The zero-order chi connectivity index (χ0) is 17.9. The number of nitrogens with one attached hydrogen (secondary N) is 2. The van der Waals surface area contributed by atoms with E-state index in [4.69, 9.17) is 0 Å². The molecule has 1 rings (SSSR count). The van der Waals surface area contributed by atoms with Gasteiger partial charge >= 0.3 is 5.97 Å². The van der Waals surface area contributed by atoms with Crippen LogP contribution >= 0.6 is 11.8 Å². The minimum absolute atomic E-state index is 0.102. The van der Waals surface area contributed by atoms with Crippen LogP contribution in [0, 0.1) is 6.92 Å². The van der Waals surface area contributed by atoms with Gasteiger partial charge in [-0.3, -0.25) is 9.59 Å². The first-order valence-electron chi connectivity index (χ1n) is 7.69. The molecule has 0 aliphatic heterocycles. The molecule has 24 heavy (non-hydrogen) atoms. The molecular weight excluding hydrogens is 328 g/mol. The molecular formula is C17H24N2O4S. The van der Waals surface area contributed by atoms with Gasteiger partial charge in [0.1, 0.15) is 6.04 Å². The predicted molar refractivity (Wildman–Crippen MR) is 95.1 cm³/mol. The van der Waals surface area contributed by atoms with Gasteiger partial charge < -0.3 is 15.4 Å². The normalized spacial score (nSPS) is 11.5. The highest BCUT2D eigenvalue weighted by Crippen LogP contribution is 2.04. The van der Waals surface area contributed by atoms with Crippen molar-refractivity contribution in [2.45, 2.75) is 25.8 Å². The first-order valence-corrected chi connectivity index (χ1v) is 9.08. The molecule has 0 aromatic heterocycles. The van der Waals surface area contributed by atoms with Crippen LogP contribution in [0.5, 0.6) is 0 Å². The fourth-order valence-electron chi connectivity index (χ4n) is 1.99. The summed E-state index contributed by atoms with van der Waals surface area (Å²) in [6, 6.07) is 6.53. The Kier molecular flexibility index (Phi) is 8.93. The number of aryl methyl sites for hydroxylation is 1. The average Bonchev–Trinajstić information content (AvgIpc) is 2.58. The van der Waals surface area contributed by atoms with E-state index in [1.165, 1.54) is 7.11 Å². The number of benzene rings is 1. The molecule has 0 heterocycles. The molecule has 0 aliphatic carbocycles. The maximum absolute atomic E-state index is 11.9. The van der Waals surface area contributed by atoms with Crippen LogP contribution < -0.4 is 10.6 Å². The molecule has 1 atom stereocenters. The van der Waals surface area contributed by atoms with Crippen molar-refractivity contribution in [3.63, 3.8) is 0 Å². The third kappa shape index (κ3) is 7.04. The lowest BCUT2D eigenvalue weighted by Crippen LogP contribution is -2.43. The van der Waals surface area contributed by atoms with E-state index in [-0.39, 0.29) is 24.8 Å². The second-order valence-corrected chi connectivity index (χ2v) is 6.28. The van der Waals surface area contributed by atoms with Crippen LogP contribution in [0.4, 0.5) is 0 Å². The highest BCUT2D eigenvalue weighted by atomic mass is 32.2. The fraction of sp³-hybridized carbons (Fsp3) is 0.471. The average molecular weight is 352 g/mol. The molecule has 2 N–H and O–H groups in total. The van der Waals surface area contributed by atoms with Gasteiger partial charge in [0, 0.05) is 18.5 Å². The minimum Gasteiger partial charge on any atom is -0.467 e. The lowest BCUT2D eigenvalue weighted by atomic mass is 10.1. The van der Waals surface area contributed by atoms with E-state index in [9.17, 15) is 14.4 Å². The lowest BCUT2D eigenvalue weighted by molar-refractivity contribution is -0.145. The molecule has 0 bridgehead atoms. The van der Waals surface area contributed by atoms with Crippen molar-refractivity contribution in [1.82, 2.24) is 10.6 Å². The van der Waals surface area contributed by atoms with E-state index in [1.54, 1.807) is 23.9 Å². The number of rotatable bonds is 9. The van der Waals surface area contributed by atoms with Gasteiger partial charge in [-0.15, -0.1) is 0 Å². The molecule has 1 aromatic rings. The quantitative estimate of drug-likeness (QED) is 0.659. The summed E-state index contributed by atoms with van der Waals surface area (Å²) in [7, 11) is 1.29. The monoisotopic (exact) mass is 352 g/mol. The SMILES string of the molecule is COC(=O)[C@@H](CCSC)NC(=O)CCNC(=O)c1ccc(C)cc1. The number of hydrogen-bond donors (Lipinski definition) is 2. The fourth-order valence-corrected chi connectivity index (χ4v) is 2.46. The maximum Gasteiger partial charge on any atom is 0.328 e. The van der Waals surface area contributed by atoms with Crippen LogP contribution in [-0.2, 0) is 14.3 Å².